The highest BCUT2D eigenvalue weighted by Crippen LogP contribution is 2.41. The molecule has 0 aliphatic heterocycles. The predicted molar refractivity (Wildman–Crippen MR) is 81.9 cm³/mol. The van der Waals surface area contributed by atoms with E-state index in [4.69, 9.17) is 0 Å². The summed E-state index contributed by atoms with van der Waals surface area (Å²) < 4.78 is 39.1. The Balaban J connectivity index is 1.95. The van der Waals surface area contributed by atoms with Crippen LogP contribution in [0.15, 0.2) is 18.3 Å². The molecule has 1 aromatic heterocycles. The molecule has 1 N–H and O–H groups in total. The van der Waals surface area contributed by atoms with Gasteiger partial charge in [0.2, 0.25) is 5.91 Å². The van der Waals surface area contributed by atoms with Crippen molar-refractivity contribution in [2.24, 2.45) is 11.8 Å². The Morgan fingerprint density at radius 1 is 1.30 bits per heavy atom. The molecule has 1 fully saturated rings. The summed E-state index contributed by atoms with van der Waals surface area (Å²) >= 11 is 0. The fourth-order valence-corrected chi connectivity index (χ4v) is 2.94. The SMILES string of the molecule is CN(C)c1ccc(CNC(=O)[C@H]2CCCC[C@@H]2C(F)(F)F)cn1. The Hall–Kier alpha value is -1.79. The van der Waals surface area contributed by atoms with Gasteiger partial charge in [0.05, 0.1) is 5.92 Å². The summed E-state index contributed by atoms with van der Waals surface area (Å²) in [6.07, 6.45) is -1.14. The van der Waals surface area contributed by atoms with Crippen LogP contribution in [0.1, 0.15) is 31.2 Å². The van der Waals surface area contributed by atoms with E-state index in [-0.39, 0.29) is 13.0 Å². The second kappa shape index (κ2) is 7.19. The zero-order valence-electron chi connectivity index (χ0n) is 13.4. The third-order valence-corrected chi connectivity index (χ3v) is 4.26. The Kier molecular flexibility index (Phi) is 5.49. The molecule has 0 unspecified atom stereocenters. The van der Waals surface area contributed by atoms with Crippen molar-refractivity contribution in [1.82, 2.24) is 10.3 Å². The standard InChI is InChI=1S/C16H22F3N3O/c1-22(2)14-8-7-11(9-20-14)10-21-15(23)12-5-3-4-6-13(12)16(17,18)19/h7-9,12-13H,3-6,10H2,1-2H3,(H,21,23)/t12-,13-/m0/s1. The van der Waals surface area contributed by atoms with Gasteiger partial charge < -0.3 is 10.2 Å². The van der Waals surface area contributed by atoms with Crippen molar-refractivity contribution in [2.45, 2.75) is 38.4 Å². The fraction of sp³-hybridized carbons (Fsp3) is 0.625. The lowest BCUT2D eigenvalue weighted by Crippen LogP contribution is -2.42. The number of halogens is 3. The number of carbonyl (C=O) groups is 1. The molecule has 1 aliphatic carbocycles. The summed E-state index contributed by atoms with van der Waals surface area (Å²) in [5, 5.41) is 2.63. The number of aromatic nitrogens is 1. The topological polar surface area (TPSA) is 45.2 Å². The van der Waals surface area contributed by atoms with Gasteiger partial charge in [0, 0.05) is 32.8 Å². The zero-order chi connectivity index (χ0) is 17.0. The van der Waals surface area contributed by atoms with Gasteiger partial charge in [-0.2, -0.15) is 13.2 Å². The van der Waals surface area contributed by atoms with Crippen molar-refractivity contribution in [2.75, 3.05) is 19.0 Å². The number of carbonyl (C=O) groups excluding carboxylic acids is 1. The molecular weight excluding hydrogens is 307 g/mol. The number of amides is 1. The highest BCUT2D eigenvalue weighted by atomic mass is 19.4. The van der Waals surface area contributed by atoms with Crippen molar-refractivity contribution >= 4 is 11.7 Å². The lowest BCUT2D eigenvalue weighted by Gasteiger charge is -2.32. The molecule has 0 radical (unpaired) electrons. The molecule has 23 heavy (non-hydrogen) atoms. The zero-order valence-corrected chi connectivity index (χ0v) is 13.4. The first-order valence-corrected chi connectivity index (χ1v) is 7.75. The quantitative estimate of drug-likeness (QED) is 0.923. The number of alkyl halides is 3. The average Bonchev–Trinajstić information content (AvgIpc) is 2.52. The molecule has 0 spiro atoms. The van der Waals surface area contributed by atoms with Crippen LogP contribution in [0, 0.1) is 11.8 Å². The van der Waals surface area contributed by atoms with Crippen LogP contribution >= 0.6 is 0 Å². The number of rotatable bonds is 4. The molecular formula is C16H22F3N3O. The van der Waals surface area contributed by atoms with E-state index in [2.05, 4.69) is 10.3 Å². The monoisotopic (exact) mass is 329 g/mol. The van der Waals surface area contributed by atoms with E-state index in [1.807, 2.05) is 25.1 Å². The van der Waals surface area contributed by atoms with Crippen LogP contribution in [-0.4, -0.2) is 31.2 Å². The van der Waals surface area contributed by atoms with Gasteiger partial charge in [-0.1, -0.05) is 18.9 Å². The van der Waals surface area contributed by atoms with Gasteiger partial charge in [-0.15, -0.1) is 0 Å². The van der Waals surface area contributed by atoms with E-state index in [1.165, 1.54) is 0 Å². The molecule has 2 rings (SSSR count). The number of nitrogens with one attached hydrogen (secondary N) is 1. The molecule has 1 aromatic rings. The van der Waals surface area contributed by atoms with Crippen LogP contribution in [-0.2, 0) is 11.3 Å². The maximum absolute atomic E-state index is 13.0. The molecule has 128 valence electrons. The highest BCUT2D eigenvalue weighted by Gasteiger charge is 2.47. The molecule has 0 bridgehead atoms. The van der Waals surface area contributed by atoms with Gasteiger partial charge in [-0.3, -0.25) is 4.79 Å². The minimum absolute atomic E-state index is 0.0423. The van der Waals surface area contributed by atoms with Gasteiger partial charge in [-0.05, 0) is 24.5 Å². The van der Waals surface area contributed by atoms with Gasteiger partial charge in [0.15, 0.2) is 0 Å². The van der Waals surface area contributed by atoms with Crippen LogP contribution in [0.4, 0.5) is 19.0 Å². The molecule has 1 aliphatic rings. The maximum Gasteiger partial charge on any atom is 0.392 e. The second-order valence-corrected chi connectivity index (χ2v) is 6.18. The third-order valence-electron chi connectivity index (χ3n) is 4.26. The number of nitrogens with zero attached hydrogens (tertiary/aromatic N) is 2. The molecule has 0 aromatic carbocycles. The highest BCUT2D eigenvalue weighted by molar-refractivity contribution is 5.79. The van der Waals surface area contributed by atoms with Crippen LogP contribution in [0.5, 0.6) is 0 Å². The Labute approximate surface area is 134 Å². The first kappa shape index (κ1) is 17.6. The lowest BCUT2D eigenvalue weighted by atomic mass is 9.78. The molecule has 2 atom stereocenters. The van der Waals surface area contributed by atoms with Crippen molar-refractivity contribution in [3.05, 3.63) is 23.9 Å². The second-order valence-electron chi connectivity index (χ2n) is 6.18. The van der Waals surface area contributed by atoms with Gasteiger partial charge in [-0.25, -0.2) is 4.98 Å². The van der Waals surface area contributed by atoms with Crippen LogP contribution in [0.3, 0.4) is 0 Å². The van der Waals surface area contributed by atoms with Gasteiger partial charge >= 0.3 is 6.18 Å². The van der Waals surface area contributed by atoms with Crippen LogP contribution < -0.4 is 10.2 Å². The average molecular weight is 329 g/mol. The summed E-state index contributed by atoms with van der Waals surface area (Å²) in [5.41, 5.74) is 0.767. The first-order valence-electron chi connectivity index (χ1n) is 7.75. The number of anilines is 1. The molecule has 1 saturated carbocycles. The van der Waals surface area contributed by atoms with Crippen LogP contribution in [0.25, 0.3) is 0 Å². The molecule has 1 amide bonds. The predicted octanol–water partition coefficient (Wildman–Crippen LogP) is 3.13. The van der Waals surface area contributed by atoms with E-state index in [0.717, 1.165) is 11.4 Å². The first-order chi connectivity index (χ1) is 10.8. The minimum atomic E-state index is -4.31. The normalized spacial score (nSPS) is 21.8. The third kappa shape index (κ3) is 4.59. The van der Waals surface area contributed by atoms with Crippen molar-refractivity contribution in [1.29, 1.82) is 0 Å². The number of pyridine rings is 1. The Bertz CT molecular complexity index is 528. The van der Waals surface area contributed by atoms with E-state index in [9.17, 15) is 18.0 Å². The molecule has 4 nitrogen and oxygen atoms in total. The van der Waals surface area contributed by atoms with Gasteiger partial charge in [0.1, 0.15) is 5.82 Å². The minimum Gasteiger partial charge on any atom is -0.363 e. The molecule has 1 heterocycles. The summed E-state index contributed by atoms with van der Waals surface area (Å²) in [5.74, 6) is -2.23. The summed E-state index contributed by atoms with van der Waals surface area (Å²) in [4.78, 5) is 18.2. The maximum atomic E-state index is 13.0. The number of hydrogen-bond acceptors (Lipinski definition) is 3. The fourth-order valence-electron chi connectivity index (χ4n) is 2.94. The van der Waals surface area contributed by atoms with E-state index < -0.39 is 23.9 Å². The smallest absolute Gasteiger partial charge is 0.363 e. The van der Waals surface area contributed by atoms with E-state index in [0.29, 0.717) is 19.3 Å². The Morgan fingerprint density at radius 2 is 2.00 bits per heavy atom. The Morgan fingerprint density at radius 3 is 2.57 bits per heavy atom. The van der Waals surface area contributed by atoms with Crippen LogP contribution in [0.2, 0.25) is 0 Å². The lowest BCUT2D eigenvalue weighted by molar-refractivity contribution is -0.198. The van der Waals surface area contributed by atoms with E-state index >= 15 is 0 Å². The van der Waals surface area contributed by atoms with Crippen molar-refractivity contribution < 1.29 is 18.0 Å². The van der Waals surface area contributed by atoms with E-state index in [1.54, 1.807) is 12.3 Å². The van der Waals surface area contributed by atoms with Gasteiger partial charge in [0.25, 0.3) is 0 Å². The van der Waals surface area contributed by atoms with Crippen molar-refractivity contribution in [3.63, 3.8) is 0 Å². The van der Waals surface area contributed by atoms with Crippen molar-refractivity contribution in [3.8, 4) is 0 Å². The summed E-state index contributed by atoms with van der Waals surface area (Å²) in [6.45, 7) is 0.195. The largest absolute Gasteiger partial charge is 0.392 e. The summed E-state index contributed by atoms with van der Waals surface area (Å²) in [7, 11) is 3.73. The molecule has 7 heteroatoms. The summed E-state index contributed by atoms with van der Waals surface area (Å²) in [6, 6.07) is 3.62. The molecule has 0 saturated heterocycles. The number of hydrogen-bond donors (Lipinski definition) is 1.